The van der Waals surface area contributed by atoms with E-state index in [1.165, 1.54) is 6.07 Å². The molecular weight excluding hydrogens is 290 g/mol. The lowest BCUT2D eigenvalue weighted by molar-refractivity contribution is -0.141. The van der Waals surface area contributed by atoms with Crippen LogP contribution in [0.4, 0.5) is 0 Å². The van der Waals surface area contributed by atoms with E-state index >= 15 is 0 Å². The smallest absolute Gasteiger partial charge is 0.307 e. The second-order valence-electron chi connectivity index (χ2n) is 4.10. The summed E-state index contributed by atoms with van der Waals surface area (Å²) in [5.74, 6) is -1.65. The van der Waals surface area contributed by atoms with Crippen molar-refractivity contribution >= 4 is 21.9 Å². The molecule has 0 radical (unpaired) electrons. The van der Waals surface area contributed by atoms with Crippen LogP contribution in [0.5, 0.6) is 11.5 Å². The van der Waals surface area contributed by atoms with Gasteiger partial charge >= 0.3 is 5.97 Å². The van der Waals surface area contributed by atoms with Crippen molar-refractivity contribution in [3.05, 3.63) is 22.2 Å². The first-order chi connectivity index (χ1) is 7.99. The van der Waals surface area contributed by atoms with Crippen molar-refractivity contribution in [1.82, 2.24) is 5.32 Å². The Hall–Kier alpha value is -1.27. The lowest BCUT2D eigenvalue weighted by Crippen LogP contribution is -2.17. The Morgan fingerprint density at radius 2 is 2.12 bits per heavy atom. The number of carbonyl (C=O) groups is 1. The van der Waals surface area contributed by atoms with E-state index in [1.54, 1.807) is 6.07 Å². The van der Waals surface area contributed by atoms with E-state index in [1.807, 2.05) is 0 Å². The molecule has 0 bridgehead atoms. The van der Waals surface area contributed by atoms with Crippen LogP contribution < -0.4 is 5.32 Å². The molecule has 17 heavy (non-hydrogen) atoms. The highest BCUT2D eigenvalue weighted by molar-refractivity contribution is 9.10. The van der Waals surface area contributed by atoms with Gasteiger partial charge in [0.2, 0.25) is 0 Å². The minimum absolute atomic E-state index is 0.112. The van der Waals surface area contributed by atoms with Crippen LogP contribution in [0.15, 0.2) is 16.6 Å². The summed E-state index contributed by atoms with van der Waals surface area (Å²) >= 11 is 3.13. The van der Waals surface area contributed by atoms with E-state index in [-0.39, 0.29) is 17.5 Å². The third kappa shape index (κ3) is 2.37. The number of phenols is 2. The molecule has 0 amide bonds. The molecule has 1 heterocycles. The standard InChI is InChI=1S/C11H12BrNO4/c12-7-1-5(3-9(14)10(7)15)8-2-6(4-13-8)11(16)17/h1,3,6,8,13-15H,2,4H2,(H,16,17). The molecule has 1 aliphatic rings. The van der Waals surface area contributed by atoms with Gasteiger partial charge in [-0.25, -0.2) is 0 Å². The molecule has 0 aromatic heterocycles. The van der Waals surface area contributed by atoms with Gasteiger partial charge in [0.05, 0.1) is 10.4 Å². The summed E-state index contributed by atoms with van der Waals surface area (Å²) < 4.78 is 0.396. The molecule has 4 N–H and O–H groups in total. The van der Waals surface area contributed by atoms with Gasteiger partial charge in [-0.15, -0.1) is 0 Å². The number of benzene rings is 1. The number of phenolic OH excluding ortho intramolecular Hbond substituents is 2. The maximum atomic E-state index is 10.8. The Kier molecular flexibility index (Phi) is 3.26. The molecule has 92 valence electrons. The molecule has 1 fully saturated rings. The Labute approximate surface area is 106 Å². The molecule has 1 aromatic rings. The lowest BCUT2D eigenvalue weighted by atomic mass is 10.00. The highest BCUT2D eigenvalue weighted by atomic mass is 79.9. The molecule has 1 aliphatic heterocycles. The van der Waals surface area contributed by atoms with Gasteiger partial charge in [-0.2, -0.15) is 0 Å². The number of rotatable bonds is 2. The molecule has 0 saturated carbocycles. The molecule has 2 atom stereocenters. The highest BCUT2D eigenvalue weighted by Crippen LogP contribution is 2.38. The number of nitrogens with one attached hydrogen (secondary N) is 1. The summed E-state index contributed by atoms with van der Waals surface area (Å²) in [6.45, 7) is 0.416. The third-order valence-electron chi connectivity index (χ3n) is 2.95. The number of hydrogen-bond acceptors (Lipinski definition) is 4. The lowest BCUT2D eigenvalue weighted by Gasteiger charge is -2.12. The topological polar surface area (TPSA) is 89.8 Å². The number of halogens is 1. The van der Waals surface area contributed by atoms with Crippen LogP contribution >= 0.6 is 15.9 Å². The van der Waals surface area contributed by atoms with Crippen LogP contribution in [0.2, 0.25) is 0 Å². The van der Waals surface area contributed by atoms with Crippen molar-refractivity contribution in [2.24, 2.45) is 5.92 Å². The second kappa shape index (κ2) is 4.54. The maximum Gasteiger partial charge on any atom is 0.307 e. The van der Waals surface area contributed by atoms with E-state index < -0.39 is 11.9 Å². The molecule has 6 heteroatoms. The highest BCUT2D eigenvalue weighted by Gasteiger charge is 2.30. The second-order valence-corrected chi connectivity index (χ2v) is 4.96. The molecule has 1 aromatic carbocycles. The van der Waals surface area contributed by atoms with Gasteiger partial charge in [0, 0.05) is 12.6 Å². The predicted octanol–water partition coefficient (Wildman–Crippen LogP) is 1.60. The van der Waals surface area contributed by atoms with E-state index in [0.717, 1.165) is 5.56 Å². The van der Waals surface area contributed by atoms with Crippen molar-refractivity contribution < 1.29 is 20.1 Å². The van der Waals surface area contributed by atoms with Crippen molar-refractivity contribution in [2.75, 3.05) is 6.54 Å². The molecule has 2 rings (SSSR count). The first kappa shape index (κ1) is 12.2. The van der Waals surface area contributed by atoms with Crippen LogP contribution in [0.25, 0.3) is 0 Å². The molecule has 0 spiro atoms. The molecule has 5 nitrogen and oxygen atoms in total. The van der Waals surface area contributed by atoms with Crippen molar-refractivity contribution in [1.29, 1.82) is 0 Å². The first-order valence-corrected chi connectivity index (χ1v) is 5.96. The maximum absolute atomic E-state index is 10.8. The summed E-state index contributed by atoms with van der Waals surface area (Å²) in [6.07, 6.45) is 0.478. The monoisotopic (exact) mass is 301 g/mol. The zero-order valence-electron chi connectivity index (χ0n) is 8.85. The Morgan fingerprint density at radius 1 is 1.41 bits per heavy atom. The quantitative estimate of drug-likeness (QED) is 0.623. The molecule has 0 aliphatic carbocycles. The minimum atomic E-state index is -0.818. The summed E-state index contributed by atoms with van der Waals surface area (Å²) in [5, 5.41) is 30.9. The first-order valence-electron chi connectivity index (χ1n) is 5.16. The van der Waals surface area contributed by atoms with Crippen LogP contribution in [0, 0.1) is 5.92 Å². The van der Waals surface area contributed by atoms with Gasteiger partial charge in [-0.05, 0) is 40.0 Å². The summed E-state index contributed by atoms with van der Waals surface area (Å²) in [5.41, 5.74) is 0.760. The number of carboxylic acids is 1. The number of aromatic hydroxyl groups is 2. The summed E-state index contributed by atoms with van der Waals surface area (Å²) in [4.78, 5) is 10.8. The number of carboxylic acid groups (broad SMARTS) is 1. The van der Waals surface area contributed by atoms with Crippen LogP contribution in [0.1, 0.15) is 18.0 Å². The van der Waals surface area contributed by atoms with Crippen molar-refractivity contribution in [3.8, 4) is 11.5 Å². The number of aliphatic carboxylic acids is 1. The van der Waals surface area contributed by atoms with Crippen LogP contribution in [0.3, 0.4) is 0 Å². The Bertz CT molecular complexity index is 440. The van der Waals surface area contributed by atoms with E-state index in [0.29, 0.717) is 17.4 Å². The van der Waals surface area contributed by atoms with Gasteiger partial charge in [-0.3, -0.25) is 4.79 Å². The van der Waals surface area contributed by atoms with Crippen molar-refractivity contribution in [3.63, 3.8) is 0 Å². The Balaban J connectivity index is 2.22. The SMILES string of the molecule is O=C(O)C1CNC(c2cc(O)c(O)c(Br)c2)C1. The fourth-order valence-electron chi connectivity index (χ4n) is 1.98. The normalized spacial score (nSPS) is 23.8. The zero-order chi connectivity index (χ0) is 12.6. The van der Waals surface area contributed by atoms with E-state index in [9.17, 15) is 15.0 Å². The average Bonchev–Trinajstić information content (AvgIpc) is 2.74. The van der Waals surface area contributed by atoms with E-state index in [4.69, 9.17) is 5.11 Å². The predicted molar refractivity (Wildman–Crippen MR) is 64.0 cm³/mol. The molecule has 2 unspecified atom stereocenters. The van der Waals surface area contributed by atoms with Gasteiger partial charge in [-0.1, -0.05) is 0 Å². The fourth-order valence-corrected chi connectivity index (χ4v) is 2.45. The fraction of sp³-hybridized carbons (Fsp3) is 0.364. The van der Waals surface area contributed by atoms with Gasteiger partial charge in [0.15, 0.2) is 11.5 Å². The zero-order valence-corrected chi connectivity index (χ0v) is 10.4. The third-order valence-corrected chi connectivity index (χ3v) is 3.55. The van der Waals surface area contributed by atoms with Gasteiger partial charge in [0.1, 0.15) is 0 Å². The van der Waals surface area contributed by atoms with E-state index in [2.05, 4.69) is 21.2 Å². The summed E-state index contributed by atoms with van der Waals surface area (Å²) in [7, 11) is 0. The van der Waals surface area contributed by atoms with Crippen molar-refractivity contribution in [2.45, 2.75) is 12.5 Å². The molecule has 1 saturated heterocycles. The van der Waals surface area contributed by atoms with Crippen LogP contribution in [-0.2, 0) is 4.79 Å². The van der Waals surface area contributed by atoms with Gasteiger partial charge in [0.25, 0.3) is 0 Å². The summed E-state index contributed by atoms with van der Waals surface area (Å²) in [6, 6.07) is 3.01. The number of hydrogen-bond donors (Lipinski definition) is 4. The molecular formula is C11H12BrNO4. The minimum Gasteiger partial charge on any atom is -0.504 e. The Morgan fingerprint density at radius 3 is 2.65 bits per heavy atom. The van der Waals surface area contributed by atoms with Crippen LogP contribution in [-0.4, -0.2) is 27.8 Å². The van der Waals surface area contributed by atoms with Gasteiger partial charge < -0.3 is 20.6 Å². The average molecular weight is 302 g/mol. The largest absolute Gasteiger partial charge is 0.504 e.